The zero-order chi connectivity index (χ0) is 24.9. The molecule has 1 aliphatic heterocycles. The number of carboxylic acids is 1. The molecule has 1 fully saturated rings. The van der Waals surface area contributed by atoms with Crippen molar-refractivity contribution in [2.45, 2.75) is 19.1 Å². The van der Waals surface area contributed by atoms with Crippen LogP contribution in [0.25, 0.3) is 0 Å². The summed E-state index contributed by atoms with van der Waals surface area (Å²) >= 11 is 0. The second-order valence-corrected chi connectivity index (χ2v) is 7.51. The molecule has 1 saturated heterocycles. The number of imide groups is 1. The first kappa shape index (κ1) is 23.5. The molecule has 0 saturated carbocycles. The predicted octanol–water partition coefficient (Wildman–Crippen LogP) is 2.13. The van der Waals surface area contributed by atoms with Gasteiger partial charge >= 0.3 is 11.9 Å². The monoisotopic (exact) mass is 479 g/mol. The van der Waals surface area contributed by atoms with Crippen LogP contribution in [0.3, 0.4) is 0 Å². The Balaban J connectivity index is 1.32. The molecule has 1 aromatic heterocycles. The first-order chi connectivity index (χ1) is 16.9. The van der Waals surface area contributed by atoms with Gasteiger partial charge in [-0.1, -0.05) is 6.07 Å². The molecule has 0 bridgehead atoms. The lowest BCUT2D eigenvalue weighted by molar-refractivity contribution is -0.121. The summed E-state index contributed by atoms with van der Waals surface area (Å²) in [6.07, 6.45) is -0.213. The van der Waals surface area contributed by atoms with Crippen LogP contribution in [-0.4, -0.2) is 41.9 Å². The Hall–Kier alpha value is -4.64. The standard InChI is InChI=1S/C24H21N3O8/c1-33-16-5-7-17(8-6-16)34-13-18-9-10-20(35-18)22(29)26-25-19-12-21(28)27(23(19)30)15-4-2-3-14(11-15)24(31)32/h2-11,19,25H,12-13H2,1H3,(H,26,29)(H,31,32)/t19-/m1/s1. The molecule has 0 unspecified atom stereocenters. The van der Waals surface area contributed by atoms with Crippen molar-refractivity contribution < 1.29 is 38.2 Å². The van der Waals surface area contributed by atoms with E-state index < -0.39 is 29.7 Å². The van der Waals surface area contributed by atoms with Gasteiger partial charge in [0.25, 0.3) is 5.91 Å². The van der Waals surface area contributed by atoms with Gasteiger partial charge in [0.05, 0.1) is 24.8 Å². The maximum Gasteiger partial charge on any atom is 0.335 e. The average Bonchev–Trinajstić information content (AvgIpc) is 3.45. The van der Waals surface area contributed by atoms with E-state index in [1.807, 2.05) is 0 Å². The van der Waals surface area contributed by atoms with Crippen LogP contribution in [0.4, 0.5) is 5.69 Å². The second-order valence-electron chi connectivity index (χ2n) is 7.51. The van der Waals surface area contributed by atoms with Crippen molar-refractivity contribution in [2.24, 2.45) is 0 Å². The van der Waals surface area contributed by atoms with Crippen LogP contribution in [0.1, 0.15) is 33.1 Å². The molecule has 180 valence electrons. The lowest BCUT2D eigenvalue weighted by atomic mass is 10.2. The first-order valence-corrected chi connectivity index (χ1v) is 10.5. The number of hydrazine groups is 1. The Morgan fingerprint density at radius 2 is 1.83 bits per heavy atom. The number of anilines is 1. The number of hydrogen-bond acceptors (Lipinski definition) is 8. The van der Waals surface area contributed by atoms with E-state index in [1.165, 1.54) is 30.3 Å². The van der Waals surface area contributed by atoms with Crippen molar-refractivity contribution in [2.75, 3.05) is 12.0 Å². The molecular formula is C24H21N3O8. The number of benzene rings is 2. The van der Waals surface area contributed by atoms with Gasteiger partial charge in [-0.05, 0) is 54.6 Å². The summed E-state index contributed by atoms with van der Waals surface area (Å²) in [6, 6.07) is 14.5. The number of carboxylic acid groups (broad SMARTS) is 1. The molecule has 11 heteroatoms. The van der Waals surface area contributed by atoms with Crippen LogP contribution in [-0.2, 0) is 16.2 Å². The number of aromatic carboxylic acids is 1. The van der Waals surface area contributed by atoms with Crippen LogP contribution in [0.5, 0.6) is 11.5 Å². The van der Waals surface area contributed by atoms with Crippen molar-refractivity contribution in [1.29, 1.82) is 0 Å². The normalized spacial score (nSPS) is 15.2. The molecule has 2 heterocycles. The molecule has 0 aliphatic carbocycles. The molecule has 3 N–H and O–H groups in total. The van der Waals surface area contributed by atoms with E-state index in [1.54, 1.807) is 37.4 Å². The third-order valence-electron chi connectivity index (χ3n) is 5.18. The summed E-state index contributed by atoms with van der Waals surface area (Å²) in [4.78, 5) is 49.6. The highest BCUT2D eigenvalue weighted by atomic mass is 16.5. The van der Waals surface area contributed by atoms with Gasteiger partial charge in [0, 0.05) is 0 Å². The highest BCUT2D eigenvalue weighted by Crippen LogP contribution is 2.24. The summed E-state index contributed by atoms with van der Waals surface area (Å²) in [5, 5.41) is 9.13. The van der Waals surface area contributed by atoms with Gasteiger partial charge in [-0.3, -0.25) is 19.8 Å². The molecular weight excluding hydrogens is 458 g/mol. The van der Waals surface area contributed by atoms with Gasteiger partial charge in [0.15, 0.2) is 5.76 Å². The van der Waals surface area contributed by atoms with Crippen molar-refractivity contribution in [3.8, 4) is 11.5 Å². The molecule has 3 aromatic rings. The number of amides is 3. The van der Waals surface area contributed by atoms with Gasteiger partial charge in [-0.15, -0.1) is 0 Å². The van der Waals surface area contributed by atoms with Crippen LogP contribution in [0, 0.1) is 0 Å². The highest BCUT2D eigenvalue weighted by Gasteiger charge is 2.40. The second kappa shape index (κ2) is 10.1. The Morgan fingerprint density at radius 3 is 2.54 bits per heavy atom. The summed E-state index contributed by atoms with van der Waals surface area (Å²) in [5.41, 5.74) is 4.99. The third kappa shape index (κ3) is 5.31. The van der Waals surface area contributed by atoms with Gasteiger partial charge in [-0.2, -0.15) is 0 Å². The molecule has 2 aromatic carbocycles. The number of rotatable bonds is 9. The fourth-order valence-electron chi connectivity index (χ4n) is 3.41. The van der Waals surface area contributed by atoms with E-state index in [9.17, 15) is 19.2 Å². The summed E-state index contributed by atoms with van der Waals surface area (Å²) in [6.45, 7) is 0.0903. The van der Waals surface area contributed by atoms with Crippen LogP contribution >= 0.6 is 0 Å². The van der Waals surface area contributed by atoms with Crippen molar-refractivity contribution >= 4 is 29.4 Å². The summed E-state index contributed by atoms with van der Waals surface area (Å²) in [5.74, 6) is -1.30. The van der Waals surface area contributed by atoms with E-state index in [0.29, 0.717) is 17.3 Å². The minimum absolute atomic E-state index is 0.0198. The number of ether oxygens (including phenoxy) is 2. The maximum absolute atomic E-state index is 12.7. The first-order valence-electron chi connectivity index (χ1n) is 10.5. The van der Waals surface area contributed by atoms with Crippen molar-refractivity contribution in [3.63, 3.8) is 0 Å². The number of carbonyl (C=O) groups is 4. The Morgan fingerprint density at radius 1 is 1.09 bits per heavy atom. The topological polar surface area (TPSA) is 147 Å². The molecule has 3 amide bonds. The lowest BCUT2D eigenvalue weighted by Gasteiger charge is -2.16. The van der Waals surface area contributed by atoms with E-state index in [0.717, 1.165) is 4.90 Å². The lowest BCUT2D eigenvalue weighted by Crippen LogP contribution is -2.48. The van der Waals surface area contributed by atoms with Crippen LogP contribution < -0.4 is 25.2 Å². The predicted molar refractivity (Wildman–Crippen MR) is 121 cm³/mol. The van der Waals surface area contributed by atoms with E-state index >= 15 is 0 Å². The minimum atomic E-state index is -1.18. The Labute approximate surface area is 199 Å². The SMILES string of the molecule is COc1ccc(OCc2ccc(C(=O)NN[C@@H]3CC(=O)N(c4cccc(C(=O)O)c4)C3=O)o2)cc1. The molecule has 35 heavy (non-hydrogen) atoms. The molecule has 11 nitrogen and oxygen atoms in total. The molecule has 0 radical (unpaired) electrons. The summed E-state index contributed by atoms with van der Waals surface area (Å²) in [7, 11) is 1.57. The number of furan rings is 1. The van der Waals surface area contributed by atoms with Crippen LogP contribution in [0.2, 0.25) is 0 Å². The summed E-state index contributed by atoms with van der Waals surface area (Å²) < 4.78 is 16.2. The van der Waals surface area contributed by atoms with Gasteiger partial charge < -0.3 is 19.0 Å². The largest absolute Gasteiger partial charge is 0.497 e. The molecule has 4 rings (SSSR count). The Bertz CT molecular complexity index is 1270. The number of carbonyl (C=O) groups excluding carboxylic acids is 3. The zero-order valence-electron chi connectivity index (χ0n) is 18.5. The number of methoxy groups -OCH3 is 1. The van der Waals surface area contributed by atoms with Gasteiger partial charge in [-0.25, -0.2) is 15.1 Å². The minimum Gasteiger partial charge on any atom is -0.497 e. The fourth-order valence-corrected chi connectivity index (χ4v) is 3.41. The average molecular weight is 479 g/mol. The van der Waals surface area contributed by atoms with Gasteiger partial charge in [0.2, 0.25) is 5.91 Å². The third-order valence-corrected chi connectivity index (χ3v) is 5.18. The highest BCUT2D eigenvalue weighted by molar-refractivity contribution is 6.22. The smallest absolute Gasteiger partial charge is 0.335 e. The quantitative estimate of drug-likeness (QED) is 0.310. The number of nitrogens with one attached hydrogen (secondary N) is 2. The van der Waals surface area contributed by atoms with Crippen molar-refractivity contribution in [1.82, 2.24) is 10.9 Å². The van der Waals surface area contributed by atoms with E-state index in [4.69, 9.17) is 19.0 Å². The van der Waals surface area contributed by atoms with Gasteiger partial charge in [0.1, 0.15) is 29.9 Å². The molecule has 1 aliphatic rings. The van der Waals surface area contributed by atoms with E-state index in [2.05, 4.69) is 10.9 Å². The van der Waals surface area contributed by atoms with Crippen LogP contribution in [0.15, 0.2) is 65.1 Å². The molecule has 1 atom stereocenters. The number of hydrogen-bond donors (Lipinski definition) is 3. The zero-order valence-corrected chi connectivity index (χ0v) is 18.5. The Kier molecular flexibility index (Phi) is 6.78. The fraction of sp³-hybridized carbons (Fsp3) is 0.167. The number of nitrogens with zero attached hydrogens (tertiary/aromatic N) is 1. The van der Waals surface area contributed by atoms with E-state index in [-0.39, 0.29) is 30.0 Å². The maximum atomic E-state index is 12.7. The van der Waals surface area contributed by atoms with Crippen molar-refractivity contribution in [3.05, 3.63) is 77.7 Å². The molecule has 0 spiro atoms.